The van der Waals surface area contributed by atoms with Gasteiger partial charge in [0.15, 0.2) is 0 Å². The van der Waals surface area contributed by atoms with Crippen LogP contribution in [0.4, 0.5) is 0 Å². The van der Waals surface area contributed by atoms with Gasteiger partial charge in [-0.05, 0) is 89.4 Å². The summed E-state index contributed by atoms with van der Waals surface area (Å²) in [5.74, 6) is 0.332. The summed E-state index contributed by atoms with van der Waals surface area (Å²) in [6.07, 6.45) is 0. The second-order valence-corrected chi connectivity index (χ2v) is 7.76. The van der Waals surface area contributed by atoms with Gasteiger partial charge in [0.1, 0.15) is 5.75 Å². The lowest BCUT2D eigenvalue weighted by Gasteiger charge is -2.23. The van der Waals surface area contributed by atoms with Gasteiger partial charge in [0.25, 0.3) is 0 Å². The molecule has 0 aliphatic heterocycles. The van der Waals surface area contributed by atoms with Crippen LogP contribution in [-0.4, -0.2) is 5.11 Å². The lowest BCUT2D eigenvalue weighted by molar-refractivity contribution is 0.472. The first-order valence-electron chi connectivity index (χ1n) is 10.0. The Morgan fingerprint density at radius 3 is 1.38 bits per heavy atom. The number of phenolic OH excluding ortho intramolecular Hbond substituents is 1. The third-order valence-electron chi connectivity index (χ3n) is 5.82. The van der Waals surface area contributed by atoms with E-state index in [1.807, 2.05) is 13.0 Å². The predicted octanol–water partition coefficient (Wildman–Crippen LogP) is 7.63. The Kier molecular flexibility index (Phi) is 4.98. The fourth-order valence-corrected chi connectivity index (χ4v) is 4.18. The molecule has 0 bridgehead atoms. The largest absolute Gasteiger partial charge is 0.508 e. The summed E-state index contributed by atoms with van der Waals surface area (Å²) < 4.78 is 0. The van der Waals surface area contributed by atoms with E-state index in [0.717, 1.165) is 27.8 Å². The van der Waals surface area contributed by atoms with Gasteiger partial charge in [-0.1, -0.05) is 72.8 Å². The molecule has 0 amide bonds. The molecule has 0 saturated heterocycles. The van der Waals surface area contributed by atoms with Crippen LogP contribution in [0.5, 0.6) is 5.75 Å². The van der Waals surface area contributed by atoms with E-state index in [0.29, 0.717) is 5.75 Å². The van der Waals surface area contributed by atoms with E-state index in [1.165, 1.54) is 27.8 Å². The second kappa shape index (κ2) is 7.60. The summed E-state index contributed by atoms with van der Waals surface area (Å²) in [5, 5.41) is 10.9. The fourth-order valence-electron chi connectivity index (χ4n) is 4.18. The van der Waals surface area contributed by atoms with Crippen molar-refractivity contribution in [3.8, 4) is 39.1 Å². The molecular weight excluding hydrogens is 352 g/mol. The van der Waals surface area contributed by atoms with Gasteiger partial charge in [0, 0.05) is 0 Å². The number of aromatic hydroxyl groups is 1. The highest BCUT2D eigenvalue weighted by Crippen LogP contribution is 2.47. The molecule has 0 fully saturated rings. The van der Waals surface area contributed by atoms with Crippen LogP contribution < -0.4 is 0 Å². The van der Waals surface area contributed by atoms with Crippen molar-refractivity contribution in [3.05, 3.63) is 101 Å². The fraction of sp³-hybridized carbons (Fsp3) is 0.143. The van der Waals surface area contributed by atoms with Crippen molar-refractivity contribution in [1.82, 2.24) is 0 Å². The van der Waals surface area contributed by atoms with Crippen molar-refractivity contribution in [2.45, 2.75) is 27.7 Å². The van der Waals surface area contributed by atoms with Crippen molar-refractivity contribution >= 4 is 0 Å². The van der Waals surface area contributed by atoms with Crippen LogP contribution in [0.3, 0.4) is 0 Å². The highest BCUT2D eigenvalue weighted by atomic mass is 16.3. The lowest BCUT2D eigenvalue weighted by Crippen LogP contribution is -1.98. The van der Waals surface area contributed by atoms with Crippen molar-refractivity contribution < 1.29 is 5.11 Å². The average Bonchev–Trinajstić information content (AvgIpc) is 2.71. The Balaban J connectivity index is 2.20. The molecule has 1 heteroatoms. The summed E-state index contributed by atoms with van der Waals surface area (Å²) in [6.45, 7) is 8.43. The first-order chi connectivity index (χ1) is 14.0. The highest BCUT2D eigenvalue weighted by molar-refractivity contribution is 5.99. The number of hydrogen-bond donors (Lipinski definition) is 1. The molecule has 0 saturated carbocycles. The van der Waals surface area contributed by atoms with Crippen LogP contribution in [0.15, 0.2) is 78.9 Å². The van der Waals surface area contributed by atoms with Gasteiger partial charge >= 0.3 is 0 Å². The molecule has 144 valence electrons. The number of rotatable bonds is 3. The minimum atomic E-state index is 0.332. The molecule has 0 unspecified atom stereocenters. The van der Waals surface area contributed by atoms with Crippen LogP contribution in [0.25, 0.3) is 33.4 Å². The maximum Gasteiger partial charge on any atom is 0.119 e. The zero-order chi connectivity index (χ0) is 20.5. The molecule has 1 nitrogen and oxygen atoms in total. The molecular formula is C28H26O. The van der Waals surface area contributed by atoms with Crippen LogP contribution in [0, 0.1) is 27.7 Å². The zero-order valence-electron chi connectivity index (χ0n) is 17.5. The molecule has 0 aliphatic rings. The molecule has 0 spiro atoms. The third kappa shape index (κ3) is 3.34. The van der Waals surface area contributed by atoms with Gasteiger partial charge in [0.05, 0.1) is 0 Å². The van der Waals surface area contributed by atoms with Crippen LogP contribution in [-0.2, 0) is 0 Å². The lowest BCUT2D eigenvalue weighted by atomic mass is 9.81. The van der Waals surface area contributed by atoms with Crippen molar-refractivity contribution in [2.24, 2.45) is 0 Å². The number of phenols is 1. The van der Waals surface area contributed by atoms with Crippen LogP contribution in [0.1, 0.15) is 22.3 Å². The molecule has 0 heterocycles. The third-order valence-corrected chi connectivity index (χ3v) is 5.82. The summed E-state index contributed by atoms with van der Waals surface area (Å²) in [7, 11) is 0. The zero-order valence-corrected chi connectivity index (χ0v) is 17.5. The molecule has 0 aromatic heterocycles. The molecule has 29 heavy (non-hydrogen) atoms. The Labute approximate surface area is 173 Å². The highest BCUT2D eigenvalue weighted by Gasteiger charge is 2.21. The van der Waals surface area contributed by atoms with Crippen molar-refractivity contribution in [3.63, 3.8) is 0 Å². The Morgan fingerprint density at radius 2 is 0.897 bits per heavy atom. The summed E-state index contributed by atoms with van der Waals surface area (Å²) in [5.41, 5.74) is 11.4. The van der Waals surface area contributed by atoms with E-state index >= 15 is 0 Å². The smallest absolute Gasteiger partial charge is 0.119 e. The van der Waals surface area contributed by atoms with Gasteiger partial charge in [-0.2, -0.15) is 0 Å². The van der Waals surface area contributed by atoms with Gasteiger partial charge in [-0.25, -0.2) is 0 Å². The molecule has 0 aliphatic carbocycles. The Hall–Kier alpha value is -3.32. The monoisotopic (exact) mass is 378 g/mol. The molecule has 4 aromatic rings. The predicted molar refractivity (Wildman–Crippen MR) is 123 cm³/mol. The molecule has 4 aromatic carbocycles. The van der Waals surface area contributed by atoms with Crippen LogP contribution >= 0.6 is 0 Å². The normalized spacial score (nSPS) is 10.9. The van der Waals surface area contributed by atoms with Gasteiger partial charge < -0.3 is 5.11 Å². The number of aryl methyl sites for hydroxylation is 3. The maximum atomic E-state index is 10.9. The second-order valence-electron chi connectivity index (χ2n) is 7.76. The quantitative estimate of drug-likeness (QED) is 0.388. The van der Waals surface area contributed by atoms with Crippen LogP contribution in [0.2, 0.25) is 0 Å². The Bertz CT molecular complexity index is 1200. The molecule has 1 N–H and O–H groups in total. The van der Waals surface area contributed by atoms with E-state index in [2.05, 4.69) is 93.6 Å². The number of benzene rings is 4. The summed E-state index contributed by atoms with van der Waals surface area (Å²) in [4.78, 5) is 0. The maximum absolute atomic E-state index is 10.9. The molecule has 0 radical (unpaired) electrons. The van der Waals surface area contributed by atoms with Gasteiger partial charge in [-0.15, -0.1) is 0 Å². The van der Waals surface area contributed by atoms with Gasteiger partial charge in [-0.3, -0.25) is 0 Å². The molecule has 0 atom stereocenters. The Morgan fingerprint density at radius 1 is 0.483 bits per heavy atom. The van der Waals surface area contributed by atoms with Gasteiger partial charge in [0.2, 0.25) is 0 Å². The van der Waals surface area contributed by atoms with Crippen molar-refractivity contribution in [1.29, 1.82) is 0 Å². The minimum absolute atomic E-state index is 0.332. The first-order valence-corrected chi connectivity index (χ1v) is 10.0. The standard InChI is InChI=1S/C28H26O/c1-18-11-5-8-14-22(18)25-17-26(29)21(4)27(23-15-9-6-12-19(23)2)28(25)24-16-10-7-13-20(24)3/h5-17,29H,1-4H3. The molecule has 4 rings (SSSR count). The number of hydrogen-bond acceptors (Lipinski definition) is 1. The first kappa shape index (κ1) is 19.0. The van der Waals surface area contributed by atoms with E-state index < -0.39 is 0 Å². The summed E-state index contributed by atoms with van der Waals surface area (Å²) >= 11 is 0. The van der Waals surface area contributed by atoms with E-state index in [9.17, 15) is 5.11 Å². The minimum Gasteiger partial charge on any atom is -0.508 e. The SMILES string of the molecule is Cc1ccccc1-c1cc(O)c(C)c(-c2ccccc2C)c1-c1ccccc1C. The average molecular weight is 379 g/mol. The summed E-state index contributed by atoms with van der Waals surface area (Å²) in [6, 6.07) is 27.2. The van der Waals surface area contributed by atoms with E-state index in [-0.39, 0.29) is 0 Å². The van der Waals surface area contributed by atoms with E-state index in [1.54, 1.807) is 0 Å². The van der Waals surface area contributed by atoms with E-state index in [4.69, 9.17) is 0 Å². The van der Waals surface area contributed by atoms with Crippen molar-refractivity contribution in [2.75, 3.05) is 0 Å². The topological polar surface area (TPSA) is 20.2 Å².